The zero-order valence-electron chi connectivity index (χ0n) is 24.8. The second-order valence-electron chi connectivity index (χ2n) is 11.6. The maximum atomic E-state index is 13.6. The summed E-state index contributed by atoms with van der Waals surface area (Å²) in [6.07, 6.45) is 0. The van der Waals surface area contributed by atoms with Crippen molar-refractivity contribution in [2.24, 2.45) is 0 Å². The number of aromatic nitrogens is 2. The Morgan fingerprint density at radius 1 is 0.489 bits per heavy atom. The molecule has 216 valence electrons. The van der Waals surface area contributed by atoms with Gasteiger partial charge in [0.1, 0.15) is 11.6 Å². The van der Waals surface area contributed by atoms with E-state index in [0.29, 0.717) is 22.8 Å². The van der Waals surface area contributed by atoms with Gasteiger partial charge in [-0.05, 0) is 107 Å². The number of rotatable bonds is 4. The van der Waals surface area contributed by atoms with Crippen LogP contribution < -0.4 is 10.6 Å². The molecule has 0 radical (unpaired) electrons. The van der Waals surface area contributed by atoms with E-state index < -0.39 is 5.41 Å². The van der Waals surface area contributed by atoms with Gasteiger partial charge in [-0.15, -0.1) is 0 Å². The summed E-state index contributed by atoms with van der Waals surface area (Å²) in [6, 6.07) is 39.8. The van der Waals surface area contributed by atoms with Gasteiger partial charge >= 0.3 is 0 Å². The van der Waals surface area contributed by atoms with Crippen LogP contribution >= 0.6 is 0 Å². The summed E-state index contributed by atoms with van der Waals surface area (Å²) in [5.41, 5.74) is 10.6. The van der Waals surface area contributed by atoms with E-state index in [-0.39, 0.29) is 11.8 Å². The van der Waals surface area contributed by atoms with Crippen molar-refractivity contribution in [2.45, 2.75) is 19.3 Å². The van der Waals surface area contributed by atoms with E-state index >= 15 is 0 Å². The van der Waals surface area contributed by atoms with Gasteiger partial charge in [-0.3, -0.25) is 9.59 Å². The molecule has 2 heterocycles. The fraction of sp³-hybridized carbons (Fsp3) is 0.0769. The molecule has 2 amide bonds. The minimum Gasteiger partial charge on any atom is -0.307 e. The quantitative estimate of drug-likeness (QED) is 0.220. The molecule has 6 aromatic rings. The van der Waals surface area contributed by atoms with E-state index in [4.69, 9.17) is 0 Å². The molecular formula is C39H28N4O2. The van der Waals surface area contributed by atoms with Crippen LogP contribution in [0.5, 0.6) is 0 Å². The van der Waals surface area contributed by atoms with E-state index in [1.807, 2.05) is 86.6 Å². The van der Waals surface area contributed by atoms with Crippen LogP contribution in [0, 0.1) is 13.8 Å². The van der Waals surface area contributed by atoms with Crippen LogP contribution in [-0.2, 0) is 5.41 Å². The highest BCUT2D eigenvalue weighted by molar-refractivity contribution is 6.07. The van der Waals surface area contributed by atoms with Gasteiger partial charge in [-0.2, -0.15) is 0 Å². The number of nitrogens with zero attached hydrogens (tertiary/aromatic N) is 2. The van der Waals surface area contributed by atoms with Crippen LogP contribution in [0.1, 0.15) is 54.4 Å². The molecule has 8 rings (SSSR count). The maximum Gasteiger partial charge on any atom is 0.256 e. The molecule has 0 bridgehead atoms. The number of fused-ring (bicyclic) bond motifs is 10. The highest BCUT2D eigenvalue weighted by atomic mass is 16.2. The van der Waals surface area contributed by atoms with Gasteiger partial charge in [0.25, 0.3) is 11.8 Å². The number of anilines is 2. The number of benzene rings is 4. The lowest BCUT2D eigenvalue weighted by Gasteiger charge is -2.31. The van der Waals surface area contributed by atoms with E-state index in [1.54, 1.807) is 12.1 Å². The van der Waals surface area contributed by atoms with E-state index in [9.17, 15) is 9.59 Å². The van der Waals surface area contributed by atoms with Crippen molar-refractivity contribution in [2.75, 3.05) is 10.6 Å². The van der Waals surface area contributed by atoms with Gasteiger partial charge in [-0.25, -0.2) is 9.97 Å². The zero-order valence-corrected chi connectivity index (χ0v) is 24.8. The first-order valence-corrected chi connectivity index (χ1v) is 14.9. The predicted octanol–water partition coefficient (Wildman–Crippen LogP) is 7.94. The third kappa shape index (κ3) is 4.10. The molecule has 4 aromatic carbocycles. The van der Waals surface area contributed by atoms with Crippen molar-refractivity contribution in [1.29, 1.82) is 0 Å². The Bertz CT molecular complexity index is 2050. The zero-order chi connectivity index (χ0) is 30.7. The molecule has 0 unspecified atom stereocenters. The monoisotopic (exact) mass is 584 g/mol. The van der Waals surface area contributed by atoms with Gasteiger partial charge < -0.3 is 10.6 Å². The highest BCUT2D eigenvalue weighted by Crippen LogP contribution is 2.62. The minimum atomic E-state index is -0.715. The smallest absolute Gasteiger partial charge is 0.256 e. The molecule has 2 aliphatic rings. The molecule has 2 aliphatic carbocycles. The van der Waals surface area contributed by atoms with Crippen LogP contribution in [0.4, 0.5) is 11.6 Å². The summed E-state index contributed by atoms with van der Waals surface area (Å²) in [5.74, 6) is 0.558. The van der Waals surface area contributed by atoms with Crippen molar-refractivity contribution in [3.63, 3.8) is 0 Å². The molecule has 6 heteroatoms. The van der Waals surface area contributed by atoms with Crippen LogP contribution in [-0.4, -0.2) is 21.8 Å². The normalized spacial score (nSPS) is 13.0. The summed E-state index contributed by atoms with van der Waals surface area (Å²) in [7, 11) is 0. The molecule has 2 aromatic heterocycles. The number of amides is 2. The fourth-order valence-electron chi connectivity index (χ4n) is 7.02. The lowest BCUT2D eigenvalue weighted by Crippen LogP contribution is -2.27. The van der Waals surface area contributed by atoms with Gasteiger partial charge in [0.15, 0.2) is 0 Å². The largest absolute Gasteiger partial charge is 0.307 e. The van der Waals surface area contributed by atoms with Crippen molar-refractivity contribution < 1.29 is 9.59 Å². The predicted molar refractivity (Wildman–Crippen MR) is 177 cm³/mol. The van der Waals surface area contributed by atoms with Gasteiger partial charge in [0, 0.05) is 22.5 Å². The van der Waals surface area contributed by atoms with Gasteiger partial charge in [-0.1, -0.05) is 72.8 Å². The topological polar surface area (TPSA) is 84.0 Å². The molecule has 0 saturated carbocycles. The maximum absolute atomic E-state index is 13.6. The molecule has 0 saturated heterocycles. The van der Waals surface area contributed by atoms with Gasteiger partial charge in [0.05, 0.1) is 5.41 Å². The number of carbonyl (C=O) groups excluding carboxylic acids is 2. The Kier molecular flexibility index (Phi) is 6.00. The van der Waals surface area contributed by atoms with Crippen molar-refractivity contribution >= 4 is 23.5 Å². The Labute approximate surface area is 260 Å². The second kappa shape index (κ2) is 10.1. The number of aryl methyl sites for hydroxylation is 2. The van der Waals surface area contributed by atoms with E-state index in [1.165, 1.54) is 0 Å². The van der Waals surface area contributed by atoms with Crippen molar-refractivity contribution in [3.8, 4) is 22.3 Å². The number of carbonyl (C=O) groups is 2. The van der Waals surface area contributed by atoms with Gasteiger partial charge in [0.2, 0.25) is 0 Å². The Balaban J connectivity index is 1.31. The molecular weight excluding hydrogens is 556 g/mol. The average molecular weight is 585 g/mol. The molecule has 1 spiro atoms. The van der Waals surface area contributed by atoms with Crippen molar-refractivity contribution in [3.05, 3.63) is 166 Å². The standard InChI is InChI=1S/C39H28N4O2/c1-23-9-7-15-35(40-23)42-37(44)25-17-19-29-27-11-3-5-13-31(27)39(33(29)21-25)32-14-6-4-12-28(32)30-20-18-26(22-34(30)39)38(45)43-36-16-8-10-24(2)41-36/h3-22H,1-2H3,(H,40,42,44)(H,41,43,45). The first-order valence-electron chi connectivity index (χ1n) is 14.9. The summed E-state index contributed by atoms with van der Waals surface area (Å²) >= 11 is 0. The molecule has 0 atom stereocenters. The van der Waals surface area contributed by atoms with Crippen LogP contribution in [0.15, 0.2) is 121 Å². The van der Waals surface area contributed by atoms with E-state index in [2.05, 4.69) is 57.0 Å². The summed E-state index contributed by atoms with van der Waals surface area (Å²) in [5, 5.41) is 5.94. The summed E-state index contributed by atoms with van der Waals surface area (Å²) in [6.45, 7) is 3.79. The lowest BCUT2D eigenvalue weighted by molar-refractivity contribution is 0.101. The molecule has 6 nitrogen and oxygen atoms in total. The molecule has 2 N–H and O–H groups in total. The first kappa shape index (κ1) is 26.7. The lowest BCUT2D eigenvalue weighted by atomic mass is 9.70. The fourth-order valence-corrected chi connectivity index (χ4v) is 7.02. The third-order valence-corrected chi connectivity index (χ3v) is 8.87. The number of nitrogens with one attached hydrogen (secondary N) is 2. The Hall–Kier alpha value is -5.88. The van der Waals surface area contributed by atoms with E-state index in [0.717, 1.165) is 55.9 Å². The Morgan fingerprint density at radius 3 is 1.36 bits per heavy atom. The number of pyridine rings is 2. The molecule has 0 aliphatic heterocycles. The SMILES string of the molecule is Cc1cccc(NC(=O)c2ccc3c(c2)C2(c4ccccc4-3)c3ccccc3-c3ccc(C(=O)Nc4cccc(C)n4)cc32)n1. The Morgan fingerprint density at radius 2 is 0.911 bits per heavy atom. The summed E-state index contributed by atoms with van der Waals surface area (Å²) in [4.78, 5) is 36.2. The highest BCUT2D eigenvalue weighted by Gasteiger charge is 2.52. The van der Waals surface area contributed by atoms with Crippen molar-refractivity contribution in [1.82, 2.24) is 9.97 Å². The van der Waals surface area contributed by atoms with Crippen LogP contribution in [0.2, 0.25) is 0 Å². The molecule has 0 fully saturated rings. The number of hydrogen-bond donors (Lipinski definition) is 2. The number of hydrogen-bond acceptors (Lipinski definition) is 4. The summed E-state index contributed by atoms with van der Waals surface area (Å²) < 4.78 is 0. The molecule has 45 heavy (non-hydrogen) atoms. The average Bonchev–Trinajstić information content (AvgIpc) is 3.51. The minimum absolute atomic E-state index is 0.229. The second-order valence-corrected chi connectivity index (χ2v) is 11.6. The van der Waals surface area contributed by atoms with Crippen LogP contribution in [0.3, 0.4) is 0 Å². The third-order valence-electron chi connectivity index (χ3n) is 8.87. The first-order chi connectivity index (χ1) is 21.9. The van der Waals surface area contributed by atoms with Crippen LogP contribution in [0.25, 0.3) is 22.3 Å².